The third kappa shape index (κ3) is 7.57. The molecule has 1 aliphatic rings. The molecule has 0 radical (unpaired) electrons. The molecule has 0 unspecified atom stereocenters. The van der Waals surface area contributed by atoms with Crippen molar-refractivity contribution in [2.75, 3.05) is 5.32 Å². The molecular formula is C23H37NO3S. The number of rotatable bonds is 12. The Morgan fingerprint density at radius 3 is 2.14 bits per heavy atom. The van der Waals surface area contributed by atoms with Gasteiger partial charge in [-0.25, -0.2) is 4.79 Å². The number of nitrogens with one attached hydrogen (secondary N) is 1. The highest BCUT2D eigenvalue weighted by molar-refractivity contribution is 7.17. The number of unbranched alkanes of at least 4 members (excludes halogenated alkanes) is 8. The zero-order chi connectivity index (χ0) is 20.2. The number of aromatic carboxylic acids is 1. The summed E-state index contributed by atoms with van der Waals surface area (Å²) in [4.78, 5) is 25.3. The molecule has 2 rings (SSSR count). The van der Waals surface area contributed by atoms with Gasteiger partial charge in [0.2, 0.25) is 5.91 Å². The fourth-order valence-corrected chi connectivity index (χ4v) is 5.32. The Labute approximate surface area is 174 Å². The Morgan fingerprint density at radius 2 is 1.50 bits per heavy atom. The molecule has 0 atom stereocenters. The molecule has 28 heavy (non-hydrogen) atoms. The number of hydrogen-bond acceptors (Lipinski definition) is 3. The second-order valence-electron chi connectivity index (χ2n) is 8.05. The summed E-state index contributed by atoms with van der Waals surface area (Å²) in [5.74, 6) is -0.948. The molecule has 5 heteroatoms. The first-order valence-corrected chi connectivity index (χ1v) is 12.1. The minimum absolute atomic E-state index is 0.0420. The van der Waals surface area contributed by atoms with Gasteiger partial charge in [0.05, 0.1) is 5.56 Å². The number of anilines is 1. The highest BCUT2D eigenvalue weighted by Gasteiger charge is 2.24. The maximum atomic E-state index is 12.3. The Hall–Kier alpha value is -1.36. The van der Waals surface area contributed by atoms with Crippen LogP contribution < -0.4 is 5.32 Å². The molecule has 1 aromatic heterocycles. The minimum Gasteiger partial charge on any atom is -0.478 e. The third-order valence-corrected chi connectivity index (χ3v) is 6.85. The normalized spacial score (nSPS) is 14.2. The summed E-state index contributed by atoms with van der Waals surface area (Å²) < 4.78 is 0. The van der Waals surface area contributed by atoms with E-state index in [1.165, 1.54) is 62.7 Å². The van der Waals surface area contributed by atoms with E-state index in [4.69, 9.17) is 0 Å². The molecule has 1 aromatic rings. The lowest BCUT2D eigenvalue weighted by Crippen LogP contribution is -2.13. The Bertz CT molecular complexity index is 624. The highest BCUT2D eigenvalue weighted by atomic mass is 32.1. The van der Waals surface area contributed by atoms with Crippen molar-refractivity contribution in [3.8, 4) is 0 Å². The van der Waals surface area contributed by atoms with Gasteiger partial charge >= 0.3 is 5.97 Å². The molecule has 1 aliphatic carbocycles. The molecule has 0 spiro atoms. The van der Waals surface area contributed by atoms with E-state index in [1.807, 2.05) is 0 Å². The van der Waals surface area contributed by atoms with Crippen molar-refractivity contribution in [3.63, 3.8) is 0 Å². The van der Waals surface area contributed by atoms with Crippen LogP contribution in [-0.4, -0.2) is 17.0 Å². The number of hydrogen-bond donors (Lipinski definition) is 2. The molecule has 0 aromatic carbocycles. The van der Waals surface area contributed by atoms with Crippen molar-refractivity contribution in [3.05, 3.63) is 16.0 Å². The monoisotopic (exact) mass is 407 g/mol. The molecule has 0 fully saturated rings. The molecule has 0 aliphatic heterocycles. The largest absolute Gasteiger partial charge is 0.478 e. The van der Waals surface area contributed by atoms with E-state index in [2.05, 4.69) is 12.2 Å². The maximum Gasteiger partial charge on any atom is 0.339 e. The summed E-state index contributed by atoms with van der Waals surface area (Å²) in [7, 11) is 0. The number of carboxylic acids is 1. The summed E-state index contributed by atoms with van der Waals surface area (Å²) in [5, 5.41) is 13.2. The van der Waals surface area contributed by atoms with E-state index < -0.39 is 5.97 Å². The first kappa shape index (κ1) is 22.9. The van der Waals surface area contributed by atoms with Gasteiger partial charge < -0.3 is 10.4 Å². The zero-order valence-corrected chi connectivity index (χ0v) is 18.3. The molecule has 4 nitrogen and oxygen atoms in total. The van der Waals surface area contributed by atoms with E-state index in [1.54, 1.807) is 0 Å². The van der Waals surface area contributed by atoms with Crippen LogP contribution in [0.1, 0.15) is 118 Å². The van der Waals surface area contributed by atoms with Crippen LogP contribution >= 0.6 is 11.3 Å². The quantitative estimate of drug-likeness (QED) is 0.368. The lowest BCUT2D eigenvalue weighted by atomic mass is 9.96. The van der Waals surface area contributed by atoms with E-state index in [0.717, 1.165) is 55.4 Å². The second-order valence-corrected chi connectivity index (χ2v) is 9.16. The summed E-state index contributed by atoms with van der Waals surface area (Å²) in [5.41, 5.74) is 1.32. The summed E-state index contributed by atoms with van der Waals surface area (Å²) >= 11 is 1.49. The predicted molar refractivity (Wildman–Crippen MR) is 118 cm³/mol. The molecule has 158 valence electrons. The van der Waals surface area contributed by atoms with Crippen molar-refractivity contribution >= 4 is 28.2 Å². The summed E-state index contributed by atoms with van der Waals surface area (Å²) in [6.45, 7) is 2.23. The lowest BCUT2D eigenvalue weighted by Gasteiger charge is -2.10. The number of aryl methyl sites for hydroxylation is 1. The number of carbonyl (C=O) groups excluding carboxylic acids is 1. The first-order valence-electron chi connectivity index (χ1n) is 11.3. The average molecular weight is 408 g/mol. The summed E-state index contributed by atoms with van der Waals surface area (Å²) in [6, 6.07) is 0. The number of thiophene rings is 1. The molecule has 1 heterocycles. The van der Waals surface area contributed by atoms with Gasteiger partial charge in [0.25, 0.3) is 0 Å². The Balaban J connectivity index is 1.77. The van der Waals surface area contributed by atoms with Crippen molar-refractivity contribution in [2.24, 2.45) is 0 Å². The standard InChI is InChI=1S/C23H37NO3S/c1-2-3-4-5-6-7-8-9-14-17-20(25)24-22-21(23(26)27)18-15-12-10-11-13-16-19(18)28-22/h2-17H2,1H3,(H,24,25)(H,26,27). The van der Waals surface area contributed by atoms with Gasteiger partial charge in [-0.2, -0.15) is 0 Å². The van der Waals surface area contributed by atoms with Crippen molar-refractivity contribution in [1.29, 1.82) is 0 Å². The van der Waals surface area contributed by atoms with Gasteiger partial charge in [0.1, 0.15) is 5.00 Å². The predicted octanol–water partition coefficient (Wildman–Crippen LogP) is 6.96. The van der Waals surface area contributed by atoms with Gasteiger partial charge in [-0.1, -0.05) is 71.1 Å². The first-order chi connectivity index (χ1) is 13.6. The van der Waals surface area contributed by atoms with Crippen molar-refractivity contribution in [2.45, 2.75) is 110 Å². The van der Waals surface area contributed by atoms with Crippen LogP contribution in [0.4, 0.5) is 5.00 Å². The third-order valence-electron chi connectivity index (χ3n) is 5.65. The Morgan fingerprint density at radius 1 is 0.893 bits per heavy atom. The number of carbonyl (C=O) groups is 2. The number of carboxylic acid groups (broad SMARTS) is 1. The minimum atomic E-state index is -0.906. The van der Waals surface area contributed by atoms with Gasteiger partial charge in [-0.15, -0.1) is 11.3 Å². The van der Waals surface area contributed by atoms with Gasteiger partial charge in [-0.05, 0) is 37.7 Å². The van der Waals surface area contributed by atoms with E-state index in [-0.39, 0.29) is 5.91 Å². The second kappa shape index (κ2) is 13.0. The van der Waals surface area contributed by atoms with Crippen molar-refractivity contribution < 1.29 is 14.7 Å². The molecule has 0 bridgehead atoms. The highest BCUT2D eigenvalue weighted by Crippen LogP contribution is 2.37. The summed E-state index contributed by atoms with van der Waals surface area (Å²) in [6.07, 6.45) is 17.8. The fraction of sp³-hybridized carbons (Fsp3) is 0.739. The van der Waals surface area contributed by atoms with Crippen LogP contribution in [-0.2, 0) is 17.6 Å². The van der Waals surface area contributed by atoms with Crippen LogP contribution in [0.2, 0.25) is 0 Å². The molecular weight excluding hydrogens is 370 g/mol. The van der Waals surface area contributed by atoms with E-state index in [9.17, 15) is 14.7 Å². The SMILES string of the molecule is CCCCCCCCCCCC(=O)Nc1sc2c(c1C(=O)O)CCCCCC2. The lowest BCUT2D eigenvalue weighted by molar-refractivity contribution is -0.116. The Kier molecular flexibility index (Phi) is 10.6. The average Bonchev–Trinajstić information content (AvgIpc) is 2.96. The zero-order valence-electron chi connectivity index (χ0n) is 17.5. The number of fused-ring (bicyclic) bond motifs is 1. The van der Waals surface area contributed by atoms with Crippen molar-refractivity contribution in [1.82, 2.24) is 0 Å². The van der Waals surface area contributed by atoms with Gasteiger partial charge in [0.15, 0.2) is 0 Å². The fourth-order valence-electron chi connectivity index (χ4n) is 4.02. The van der Waals surface area contributed by atoms with Gasteiger partial charge in [0, 0.05) is 11.3 Å². The molecule has 0 saturated heterocycles. The smallest absolute Gasteiger partial charge is 0.339 e. The van der Waals surface area contributed by atoms with E-state index in [0.29, 0.717) is 17.0 Å². The number of amides is 1. The van der Waals surface area contributed by atoms with Crippen LogP contribution in [0.5, 0.6) is 0 Å². The van der Waals surface area contributed by atoms with E-state index >= 15 is 0 Å². The topological polar surface area (TPSA) is 66.4 Å². The van der Waals surface area contributed by atoms with Crippen LogP contribution in [0.25, 0.3) is 0 Å². The molecule has 0 saturated carbocycles. The van der Waals surface area contributed by atoms with Crippen LogP contribution in [0.3, 0.4) is 0 Å². The maximum absolute atomic E-state index is 12.3. The molecule has 1 amide bonds. The van der Waals surface area contributed by atoms with Crippen LogP contribution in [0, 0.1) is 0 Å². The van der Waals surface area contributed by atoms with Gasteiger partial charge in [-0.3, -0.25) is 4.79 Å². The van der Waals surface area contributed by atoms with Crippen LogP contribution in [0.15, 0.2) is 0 Å². The molecule has 2 N–H and O–H groups in total.